The number of hydrogen-bond donors (Lipinski definition) is 3. The number of aromatic nitrogens is 7. The van der Waals surface area contributed by atoms with Crippen molar-refractivity contribution in [2.24, 2.45) is 5.41 Å². The van der Waals surface area contributed by atoms with E-state index in [2.05, 4.69) is 88.4 Å². The molecule has 8 heteroatoms. The zero-order valence-electron chi connectivity index (χ0n) is 23.1. The Morgan fingerprint density at radius 1 is 1.10 bits per heavy atom. The van der Waals surface area contributed by atoms with E-state index in [9.17, 15) is 0 Å². The second-order valence-corrected chi connectivity index (χ2v) is 11.0. The smallest absolute Gasteiger partial charge is 0.116 e. The molecule has 39 heavy (non-hydrogen) atoms. The molecule has 0 aliphatic rings. The van der Waals surface area contributed by atoms with Crippen molar-refractivity contribution in [3.8, 4) is 22.6 Å². The van der Waals surface area contributed by atoms with Crippen molar-refractivity contribution in [3.05, 3.63) is 97.3 Å². The Labute approximate surface area is 228 Å². The number of hydrogen-bond acceptors (Lipinski definition) is 5. The van der Waals surface area contributed by atoms with Gasteiger partial charge in [0.15, 0.2) is 0 Å². The summed E-state index contributed by atoms with van der Waals surface area (Å²) < 4.78 is 2.01. The van der Waals surface area contributed by atoms with Crippen molar-refractivity contribution < 1.29 is 0 Å². The third kappa shape index (κ3) is 5.60. The number of H-pyrrole nitrogens is 2. The second kappa shape index (κ2) is 10.2. The molecule has 0 atom stereocenters. The average Bonchev–Trinajstić information content (AvgIpc) is 3.59. The molecule has 0 unspecified atom stereocenters. The summed E-state index contributed by atoms with van der Waals surface area (Å²) in [4.78, 5) is 17.0. The van der Waals surface area contributed by atoms with Crippen molar-refractivity contribution in [1.29, 1.82) is 0 Å². The number of allylic oxidation sites excluding steroid dienone is 3. The molecule has 3 N–H and O–H groups in total. The zero-order chi connectivity index (χ0) is 27.7. The van der Waals surface area contributed by atoms with E-state index in [1.165, 1.54) is 0 Å². The van der Waals surface area contributed by atoms with Crippen molar-refractivity contribution in [3.63, 3.8) is 0 Å². The number of fused-ring (bicyclic) bond motifs is 1. The summed E-state index contributed by atoms with van der Waals surface area (Å²) in [5.41, 5.74) is 10.3. The number of rotatable bonds is 8. The Kier molecular flexibility index (Phi) is 6.78. The molecule has 8 nitrogen and oxygen atoms in total. The van der Waals surface area contributed by atoms with Gasteiger partial charge in [-0.25, -0.2) is 4.98 Å². The number of nitrogens with zero attached hydrogens (tertiary/aromatic N) is 5. The Bertz CT molecular complexity index is 1700. The fourth-order valence-electron chi connectivity index (χ4n) is 4.75. The Morgan fingerprint density at radius 3 is 2.64 bits per heavy atom. The lowest BCUT2D eigenvalue weighted by Crippen LogP contribution is -2.10. The van der Waals surface area contributed by atoms with E-state index in [0.717, 1.165) is 74.0 Å². The topological polar surface area (TPSA) is 100 Å². The highest BCUT2D eigenvalue weighted by Gasteiger charge is 2.17. The Balaban J connectivity index is 1.49. The van der Waals surface area contributed by atoms with Crippen LogP contribution in [0.5, 0.6) is 0 Å². The summed E-state index contributed by atoms with van der Waals surface area (Å²) >= 11 is 0. The summed E-state index contributed by atoms with van der Waals surface area (Å²) in [5.74, 6) is 0. The molecule has 0 fully saturated rings. The van der Waals surface area contributed by atoms with Gasteiger partial charge in [0, 0.05) is 40.3 Å². The van der Waals surface area contributed by atoms with Crippen LogP contribution in [0, 0.1) is 19.3 Å². The first kappa shape index (κ1) is 25.9. The molecule has 5 aromatic heterocycles. The van der Waals surface area contributed by atoms with E-state index in [-0.39, 0.29) is 5.41 Å². The van der Waals surface area contributed by atoms with Gasteiger partial charge in [-0.15, -0.1) is 0 Å². The van der Waals surface area contributed by atoms with Crippen LogP contribution in [0.1, 0.15) is 44.1 Å². The average molecular weight is 519 g/mol. The molecule has 198 valence electrons. The number of aromatic amines is 2. The third-order valence-corrected chi connectivity index (χ3v) is 6.36. The van der Waals surface area contributed by atoms with Gasteiger partial charge in [0.05, 0.1) is 52.7 Å². The van der Waals surface area contributed by atoms with Crippen LogP contribution in [-0.4, -0.2) is 34.7 Å². The monoisotopic (exact) mass is 518 g/mol. The molecular formula is C31H34N8. The first-order valence-electron chi connectivity index (χ1n) is 12.9. The molecule has 5 heterocycles. The van der Waals surface area contributed by atoms with Crippen LogP contribution in [0.3, 0.4) is 0 Å². The van der Waals surface area contributed by atoms with E-state index in [0.29, 0.717) is 0 Å². The minimum absolute atomic E-state index is 0.148. The van der Waals surface area contributed by atoms with Crippen LogP contribution in [0.4, 0.5) is 5.69 Å². The molecule has 0 amide bonds. The first-order valence-corrected chi connectivity index (χ1v) is 12.9. The van der Waals surface area contributed by atoms with Gasteiger partial charge in [-0.05, 0) is 50.0 Å². The van der Waals surface area contributed by atoms with Crippen molar-refractivity contribution >= 4 is 22.3 Å². The van der Waals surface area contributed by atoms with E-state index in [4.69, 9.17) is 0 Å². The van der Waals surface area contributed by atoms with Crippen molar-refractivity contribution in [2.75, 3.05) is 5.32 Å². The van der Waals surface area contributed by atoms with Crippen LogP contribution in [0.2, 0.25) is 0 Å². The van der Waals surface area contributed by atoms with Crippen LogP contribution in [0.15, 0.2) is 80.3 Å². The highest BCUT2D eigenvalue weighted by molar-refractivity contribution is 5.94. The van der Waals surface area contributed by atoms with Crippen LogP contribution in [0.25, 0.3) is 39.2 Å². The molecule has 0 saturated carbocycles. The molecule has 0 aliphatic heterocycles. The minimum atomic E-state index is 0.148. The molecule has 0 radical (unpaired) electrons. The predicted molar refractivity (Wildman–Crippen MR) is 159 cm³/mol. The quantitative estimate of drug-likeness (QED) is 0.188. The molecule has 0 spiro atoms. The highest BCUT2D eigenvalue weighted by atomic mass is 15.1. The largest absolute Gasteiger partial charge is 0.358 e. The van der Waals surface area contributed by atoms with Gasteiger partial charge in [-0.2, -0.15) is 5.10 Å². The van der Waals surface area contributed by atoms with Crippen LogP contribution < -0.4 is 5.32 Å². The number of anilines is 1. The van der Waals surface area contributed by atoms with Crippen molar-refractivity contribution in [1.82, 2.24) is 34.7 Å². The highest BCUT2D eigenvalue weighted by Crippen LogP contribution is 2.33. The fraction of sp³-hybridized carbons (Fsp3) is 0.226. The number of nitrogens with one attached hydrogen (secondary N) is 3. The van der Waals surface area contributed by atoms with Gasteiger partial charge >= 0.3 is 0 Å². The first-order chi connectivity index (χ1) is 18.6. The van der Waals surface area contributed by atoms with E-state index >= 15 is 0 Å². The van der Waals surface area contributed by atoms with Gasteiger partial charge < -0.3 is 14.9 Å². The Hall–Kier alpha value is -4.72. The van der Waals surface area contributed by atoms with Gasteiger partial charge in [-0.1, -0.05) is 40.0 Å². The van der Waals surface area contributed by atoms with E-state index < -0.39 is 0 Å². The standard InChI is InChI=1S/C31H34N8/c1-8-9-29(39-17-20(3)34-18-39)24-11-27(36-21(24)4)30-25-12-26(33-16-28(25)37-38-30)22-10-23(15-32-14-22)35-19(2)13-31(5,6)7/h8-12,14-18,35-36H,1-2,13H2,3-7H3,(H,37,38)/b29-9+. The molecule has 0 aliphatic carbocycles. The lowest BCUT2D eigenvalue weighted by atomic mass is 9.91. The number of aryl methyl sites for hydroxylation is 2. The van der Waals surface area contributed by atoms with Crippen molar-refractivity contribution in [2.45, 2.75) is 41.0 Å². The van der Waals surface area contributed by atoms with E-state index in [1.807, 2.05) is 48.6 Å². The summed E-state index contributed by atoms with van der Waals surface area (Å²) in [7, 11) is 0. The third-order valence-electron chi connectivity index (χ3n) is 6.36. The summed E-state index contributed by atoms with van der Waals surface area (Å²) in [6, 6.07) is 6.21. The maximum Gasteiger partial charge on any atom is 0.116 e. The molecule has 0 bridgehead atoms. The van der Waals surface area contributed by atoms with Gasteiger partial charge in [0.2, 0.25) is 0 Å². The lowest BCUT2D eigenvalue weighted by Gasteiger charge is -2.20. The maximum atomic E-state index is 4.68. The van der Waals surface area contributed by atoms with Gasteiger partial charge in [0.1, 0.15) is 5.69 Å². The minimum Gasteiger partial charge on any atom is -0.358 e. The lowest BCUT2D eigenvalue weighted by molar-refractivity contribution is 0.411. The fourth-order valence-corrected chi connectivity index (χ4v) is 4.75. The van der Waals surface area contributed by atoms with Gasteiger partial charge in [0.25, 0.3) is 0 Å². The number of imidazole rings is 1. The number of pyridine rings is 2. The van der Waals surface area contributed by atoms with Gasteiger partial charge in [-0.3, -0.25) is 15.1 Å². The molecule has 5 rings (SSSR count). The maximum absolute atomic E-state index is 4.68. The zero-order valence-corrected chi connectivity index (χ0v) is 23.1. The summed E-state index contributed by atoms with van der Waals surface area (Å²) in [6.45, 7) is 18.7. The normalized spacial score (nSPS) is 12.2. The summed E-state index contributed by atoms with van der Waals surface area (Å²) in [5, 5.41) is 12.1. The second-order valence-electron chi connectivity index (χ2n) is 11.0. The predicted octanol–water partition coefficient (Wildman–Crippen LogP) is 7.27. The molecular weight excluding hydrogens is 484 g/mol. The summed E-state index contributed by atoms with van der Waals surface area (Å²) in [6.07, 6.45) is 13.9. The molecule has 5 aromatic rings. The molecule has 0 aromatic carbocycles. The Morgan fingerprint density at radius 2 is 1.92 bits per heavy atom. The van der Waals surface area contributed by atoms with Crippen LogP contribution >= 0.6 is 0 Å². The molecule has 0 saturated heterocycles. The van der Waals surface area contributed by atoms with Crippen LogP contribution in [-0.2, 0) is 0 Å². The van der Waals surface area contributed by atoms with E-state index in [1.54, 1.807) is 12.3 Å². The SMILES string of the molecule is C=C/C=C(\c1cc(-c2n[nH]c3cnc(-c4cncc(NC(=C)CC(C)(C)C)c4)cc23)[nH]c1C)n1cnc(C)c1.